The molecule has 2 N–H and O–H groups in total. The van der Waals surface area contributed by atoms with Crippen molar-refractivity contribution in [1.29, 1.82) is 0 Å². The monoisotopic (exact) mass is 388 g/mol. The van der Waals surface area contributed by atoms with E-state index in [1.165, 1.54) is 4.90 Å². The quantitative estimate of drug-likeness (QED) is 0.653. The average molecular weight is 388 g/mol. The summed E-state index contributed by atoms with van der Waals surface area (Å²) in [5.41, 5.74) is 3.47. The molecular formula is C24H24N2O3. The minimum Gasteiger partial charge on any atom is -0.394 e. The molecule has 0 aliphatic rings. The highest BCUT2D eigenvalue weighted by Gasteiger charge is 2.24. The predicted octanol–water partition coefficient (Wildman–Crippen LogP) is 3.10. The van der Waals surface area contributed by atoms with Gasteiger partial charge < -0.3 is 15.3 Å². The summed E-state index contributed by atoms with van der Waals surface area (Å²) in [6, 6.07) is 25.6. The number of nitrogens with one attached hydrogen (secondary N) is 1. The molecular weight excluding hydrogens is 364 g/mol. The number of likely N-dealkylation sites (N-methyl/N-ethyl adjacent to an activating group) is 1. The van der Waals surface area contributed by atoms with Crippen molar-refractivity contribution in [3.63, 3.8) is 0 Å². The number of aliphatic hydroxyl groups excluding tert-OH is 1. The molecule has 0 saturated carbocycles. The van der Waals surface area contributed by atoms with Crippen molar-refractivity contribution in [1.82, 2.24) is 10.2 Å². The molecule has 0 aromatic heterocycles. The SMILES string of the molecule is CN(Cc1ccccc1)C(=O)C(CO)NC(=O)c1ccc(-c2ccccc2)cc1. The van der Waals surface area contributed by atoms with E-state index in [0.29, 0.717) is 12.1 Å². The molecule has 3 aromatic carbocycles. The van der Waals surface area contributed by atoms with Crippen molar-refractivity contribution in [2.45, 2.75) is 12.6 Å². The molecule has 0 radical (unpaired) electrons. The van der Waals surface area contributed by atoms with Crippen molar-refractivity contribution in [2.24, 2.45) is 0 Å². The fraction of sp³-hybridized carbons (Fsp3) is 0.167. The molecule has 29 heavy (non-hydrogen) atoms. The Labute approximate surface area is 170 Å². The number of aliphatic hydroxyl groups is 1. The summed E-state index contributed by atoms with van der Waals surface area (Å²) >= 11 is 0. The van der Waals surface area contributed by atoms with Crippen molar-refractivity contribution < 1.29 is 14.7 Å². The third-order valence-electron chi connectivity index (χ3n) is 4.68. The Morgan fingerprint density at radius 2 is 1.41 bits per heavy atom. The largest absolute Gasteiger partial charge is 0.394 e. The molecule has 5 nitrogen and oxygen atoms in total. The summed E-state index contributed by atoms with van der Waals surface area (Å²) in [7, 11) is 1.65. The highest BCUT2D eigenvalue weighted by Crippen LogP contribution is 2.19. The molecule has 3 rings (SSSR count). The van der Waals surface area contributed by atoms with Crippen molar-refractivity contribution in [3.05, 3.63) is 96.1 Å². The molecule has 2 amide bonds. The maximum atomic E-state index is 12.6. The fourth-order valence-corrected chi connectivity index (χ4v) is 3.07. The molecule has 0 aliphatic heterocycles. The van der Waals surface area contributed by atoms with Gasteiger partial charge in [-0.05, 0) is 28.8 Å². The van der Waals surface area contributed by atoms with Gasteiger partial charge in [-0.2, -0.15) is 0 Å². The molecule has 1 unspecified atom stereocenters. The summed E-state index contributed by atoms with van der Waals surface area (Å²) in [6.07, 6.45) is 0. The Kier molecular flexibility index (Phi) is 6.76. The van der Waals surface area contributed by atoms with Crippen molar-refractivity contribution >= 4 is 11.8 Å². The summed E-state index contributed by atoms with van der Waals surface area (Å²) in [6.45, 7) is -0.0659. The lowest BCUT2D eigenvalue weighted by molar-refractivity contribution is -0.133. The Hall–Kier alpha value is -3.44. The first-order valence-electron chi connectivity index (χ1n) is 9.44. The number of hydrogen-bond acceptors (Lipinski definition) is 3. The first kappa shape index (κ1) is 20.3. The zero-order chi connectivity index (χ0) is 20.6. The maximum Gasteiger partial charge on any atom is 0.251 e. The van der Waals surface area contributed by atoms with Crippen LogP contribution in [0.2, 0.25) is 0 Å². The maximum absolute atomic E-state index is 12.6. The van der Waals surface area contributed by atoms with E-state index in [1.54, 1.807) is 19.2 Å². The summed E-state index contributed by atoms with van der Waals surface area (Å²) < 4.78 is 0. The number of carbonyl (C=O) groups excluding carboxylic acids is 2. The lowest BCUT2D eigenvalue weighted by Gasteiger charge is -2.23. The number of amides is 2. The van der Waals surface area contributed by atoms with Crippen LogP contribution >= 0.6 is 0 Å². The Bertz CT molecular complexity index is 941. The Balaban J connectivity index is 1.63. The molecule has 0 saturated heterocycles. The van der Waals surface area contributed by atoms with Crippen LogP contribution in [0, 0.1) is 0 Å². The van der Waals surface area contributed by atoms with Gasteiger partial charge in [0.1, 0.15) is 6.04 Å². The molecule has 0 aliphatic carbocycles. The molecule has 0 fully saturated rings. The molecule has 0 spiro atoms. The third-order valence-corrected chi connectivity index (χ3v) is 4.68. The lowest BCUT2D eigenvalue weighted by atomic mass is 10.0. The standard InChI is InChI=1S/C24H24N2O3/c1-26(16-18-8-4-2-5-9-18)24(29)22(17-27)25-23(28)21-14-12-20(13-15-21)19-10-6-3-7-11-19/h2-15,22,27H,16-17H2,1H3,(H,25,28). The Morgan fingerprint density at radius 1 is 0.862 bits per heavy atom. The zero-order valence-electron chi connectivity index (χ0n) is 16.3. The number of carbonyl (C=O) groups is 2. The van der Waals surface area contributed by atoms with Gasteiger partial charge in [-0.3, -0.25) is 9.59 Å². The minimum atomic E-state index is -0.995. The van der Waals surface area contributed by atoms with Crippen LogP contribution in [-0.4, -0.2) is 41.5 Å². The zero-order valence-corrected chi connectivity index (χ0v) is 16.3. The highest BCUT2D eigenvalue weighted by atomic mass is 16.3. The summed E-state index contributed by atoms with van der Waals surface area (Å²) in [5.74, 6) is -0.740. The van der Waals surface area contributed by atoms with Gasteiger partial charge >= 0.3 is 0 Å². The van der Waals surface area contributed by atoms with E-state index in [4.69, 9.17) is 0 Å². The van der Waals surface area contributed by atoms with E-state index in [-0.39, 0.29) is 5.91 Å². The molecule has 0 heterocycles. The second kappa shape index (κ2) is 9.66. The van der Waals surface area contributed by atoms with Crippen LogP contribution in [0.5, 0.6) is 0 Å². The third kappa shape index (κ3) is 5.30. The molecule has 5 heteroatoms. The average Bonchev–Trinajstić information content (AvgIpc) is 2.78. The van der Waals surface area contributed by atoms with Gasteiger partial charge in [0.25, 0.3) is 5.91 Å². The Morgan fingerprint density at radius 3 is 2.00 bits per heavy atom. The highest BCUT2D eigenvalue weighted by molar-refractivity contribution is 5.97. The van der Waals surface area contributed by atoms with Gasteiger partial charge in [-0.25, -0.2) is 0 Å². The van der Waals surface area contributed by atoms with Gasteiger partial charge in [-0.15, -0.1) is 0 Å². The van der Waals surface area contributed by atoms with Gasteiger partial charge in [0.15, 0.2) is 0 Å². The summed E-state index contributed by atoms with van der Waals surface area (Å²) in [5, 5.41) is 12.3. The van der Waals surface area contributed by atoms with E-state index in [9.17, 15) is 14.7 Å². The van der Waals surface area contributed by atoms with E-state index in [0.717, 1.165) is 16.7 Å². The van der Waals surface area contributed by atoms with E-state index in [1.807, 2.05) is 72.8 Å². The van der Waals surface area contributed by atoms with Gasteiger partial charge in [0.2, 0.25) is 5.91 Å². The van der Waals surface area contributed by atoms with Crippen LogP contribution < -0.4 is 5.32 Å². The van der Waals surface area contributed by atoms with Gasteiger partial charge in [0.05, 0.1) is 6.61 Å². The first-order chi connectivity index (χ1) is 14.1. The minimum absolute atomic E-state index is 0.342. The van der Waals surface area contributed by atoms with Crippen LogP contribution in [0.4, 0.5) is 0 Å². The van der Waals surface area contributed by atoms with Crippen molar-refractivity contribution in [2.75, 3.05) is 13.7 Å². The number of nitrogens with zero attached hydrogens (tertiary/aromatic N) is 1. The normalized spacial score (nSPS) is 11.5. The second-order valence-electron chi connectivity index (χ2n) is 6.83. The predicted molar refractivity (Wildman–Crippen MR) is 113 cm³/mol. The van der Waals surface area contributed by atoms with E-state index in [2.05, 4.69) is 5.32 Å². The molecule has 1 atom stereocenters. The smallest absolute Gasteiger partial charge is 0.251 e. The molecule has 148 valence electrons. The number of rotatable bonds is 7. The summed E-state index contributed by atoms with van der Waals surface area (Å²) in [4.78, 5) is 26.7. The van der Waals surface area contributed by atoms with E-state index < -0.39 is 18.6 Å². The van der Waals surface area contributed by atoms with Crippen LogP contribution in [0.3, 0.4) is 0 Å². The van der Waals surface area contributed by atoms with Crippen LogP contribution in [-0.2, 0) is 11.3 Å². The van der Waals surface area contributed by atoms with Crippen LogP contribution in [0.25, 0.3) is 11.1 Å². The second-order valence-corrected chi connectivity index (χ2v) is 6.83. The molecule has 3 aromatic rings. The van der Waals surface area contributed by atoms with Crippen LogP contribution in [0.15, 0.2) is 84.9 Å². The fourth-order valence-electron chi connectivity index (χ4n) is 3.07. The topological polar surface area (TPSA) is 69.6 Å². The van der Waals surface area contributed by atoms with Crippen molar-refractivity contribution in [3.8, 4) is 11.1 Å². The first-order valence-corrected chi connectivity index (χ1v) is 9.44. The van der Waals surface area contributed by atoms with Gasteiger partial charge in [0, 0.05) is 19.2 Å². The van der Waals surface area contributed by atoms with Crippen LogP contribution in [0.1, 0.15) is 15.9 Å². The number of benzene rings is 3. The van der Waals surface area contributed by atoms with E-state index >= 15 is 0 Å². The lowest BCUT2D eigenvalue weighted by Crippen LogP contribution is -2.49. The number of hydrogen-bond donors (Lipinski definition) is 2. The molecule has 0 bridgehead atoms. The van der Waals surface area contributed by atoms with Gasteiger partial charge in [-0.1, -0.05) is 72.8 Å².